The number of carbonyl (C=O) groups is 2. The van der Waals surface area contributed by atoms with Gasteiger partial charge in [-0.3, -0.25) is 19.3 Å². The van der Waals surface area contributed by atoms with E-state index < -0.39 is 0 Å². The molecule has 1 aromatic carbocycles. The summed E-state index contributed by atoms with van der Waals surface area (Å²) in [5.41, 5.74) is 1.50. The van der Waals surface area contributed by atoms with E-state index in [1.54, 1.807) is 43.0 Å². The zero-order valence-electron chi connectivity index (χ0n) is 15.6. The second kappa shape index (κ2) is 8.85. The Labute approximate surface area is 161 Å². The van der Waals surface area contributed by atoms with E-state index in [0.717, 1.165) is 5.56 Å². The Kier molecular flexibility index (Phi) is 6.05. The molecule has 146 valence electrons. The predicted molar refractivity (Wildman–Crippen MR) is 102 cm³/mol. The smallest absolute Gasteiger partial charge is 0.235 e. The van der Waals surface area contributed by atoms with Gasteiger partial charge in [0, 0.05) is 25.6 Å². The molecule has 0 aliphatic heterocycles. The van der Waals surface area contributed by atoms with Gasteiger partial charge in [0.15, 0.2) is 17.1 Å². The number of ether oxygens (including phenoxy) is 2. The molecule has 2 N–H and O–H groups in total. The summed E-state index contributed by atoms with van der Waals surface area (Å²) in [4.78, 5) is 24.1. The molecule has 2 amide bonds. The van der Waals surface area contributed by atoms with Crippen molar-refractivity contribution < 1.29 is 19.1 Å². The number of benzene rings is 1. The predicted octanol–water partition coefficient (Wildman–Crippen LogP) is 1.78. The Balaban J connectivity index is 1.47. The number of aromatic nitrogens is 3. The number of hydrogen-bond donors (Lipinski definition) is 2. The molecule has 2 heterocycles. The third-order valence-corrected chi connectivity index (χ3v) is 4.08. The fraction of sp³-hybridized carbons (Fsp3) is 0.263. The molecule has 0 saturated heterocycles. The van der Waals surface area contributed by atoms with E-state index in [1.807, 2.05) is 18.2 Å². The first-order chi connectivity index (χ1) is 13.6. The minimum absolute atomic E-state index is 0.0412. The average molecular weight is 383 g/mol. The van der Waals surface area contributed by atoms with Crippen LogP contribution in [0.5, 0.6) is 11.5 Å². The van der Waals surface area contributed by atoms with Gasteiger partial charge in [0.1, 0.15) is 0 Å². The van der Waals surface area contributed by atoms with Crippen LogP contribution in [0.3, 0.4) is 0 Å². The van der Waals surface area contributed by atoms with Gasteiger partial charge < -0.3 is 14.8 Å². The molecule has 0 spiro atoms. The van der Waals surface area contributed by atoms with Gasteiger partial charge in [-0.1, -0.05) is 12.1 Å². The third kappa shape index (κ3) is 4.56. The summed E-state index contributed by atoms with van der Waals surface area (Å²) >= 11 is 0. The van der Waals surface area contributed by atoms with E-state index in [-0.39, 0.29) is 24.7 Å². The van der Waals surface area contributed by atoms with Crippen molar-refractivity contribution in [3.8, 4) is 11.5 Å². The molecule has 3 aromatic rings. The molecule has 2 aromatic heterocycles. The molecule has 0 saturated carbocycles. The zero-order chi connectivity index (χ0) is 19.9. The number of carbonyl (C=O) groups excluding carboxylic acids is 2. The van der Waals surface area contributed by atoms with Crippen LogP contribution in [0.4, 0.5) is 5.95 Å². The highest BCUT2D eigenvalue weighted by atomic mass is 16.5. The lowest BCUT2D eigenvalue weighted by Gasteiger charge is -2.10. The summed E-state index contributed by atoms with van der Waals surface area (Å²) in [5.74, 6) is 1.01. The number of hydrogen-bond acceptors (Lipinski definition) is 6. The maximum atomic E-state index is 12.1. The fourth-order valence-corrected chi connectivity index (χ4v) is 2.62. The lowest BCUT2D eigenvalue weighted by molar-refractivity contribution is -0.124. The van der Waals surface area contributed by atoms with Gasteiger partial charge in [-0.05, 0) is 29.8 Å². The van der Waals surface area contributed by atoms with Gasteiger partial charge in [-0.25, -0.2) is 0 Å². The van der Waals surface area contributed by atoms with Gasteiger partial charge in [-0.2, -0.15) is 0 Å². The van der Waals surface area contributed by atoms with Crippen LogP contribution in [0.2, 0.25) is 0 Å². The molecule has 9 nitrogen and oxygen atoms in total. The normalized spacial score (nSPS) is 10.5. The number of pyridine rings is 1. The number of amides is 2. The summed E-state index contributed by atoms with van der Waals surface area (Å²) in [6, 6.07) is 10.8. The van der Waals surface area contributed by atoms with Crippen LogP contribution in [-0.4, -0.2) is 40.6 Å². The van der Waals surface area contributed by atoms with Crippen molar-refractivity contribution in [3.05, 3.63) is 48.2 Å². The van der Waals surface area contributed by atoms with Crippen LogP contribution < -0.4 is 20.1 Å². The highest BCUT2D eigenvalue weighted by molar-refractivity contribution is 5.92. The first-order valence-electron chi connectivity index (χ1n) is 8.68. The maximum Gasteiger partial charge on any atom is 0.235 e. The van der Waals surface area contributed by atoms with Crippen molar-refractivity contribution >= 4 is 23.4 Å². The van der Waals surface area contributed by atoms with E-state index >= 15 is 0 Å². The monoisotopic (exact) mass is 383 g/mol. The van der Waals surface area contributed by atoms with E-state index in [1.165, 1.54) is 0 Å². The van der Waals surface area contributed by atoms with Crippen molar-refractivity contribution in [2.75, 3.05) is 19.5 Å². The molecular weight excluding hydrogens is 362 g/mol. The first kappa shape index (κ1) is 19.2. The summed E-state index contributed by atoms with van der Waals surface area (Å²) in [6.07, 6.45) is 1.86. The Morgan fingerprint density at radius 1 is 1.00 bits per heavy atom. The van der Waals surface area contributed by atoms with Gasteiger partial charge in [0.25, 0.3) is 0 Å². The second-order valence-corrected chi connectivity index (χ2v) is 5.97. The maximum absolute atomic E-state index is 12.1. The second-order valence-electron chi connectivity index (χ2n) is 5.97. The van der Waals surface area contributed by atoms with Crippen molar-refractivity contribution in [2.24, 2.45) is 0 Å². The molecule has 0 aliphatic carbocycles. The van der Waals surface area contributed by atoms with E-state index in [2.05, 4.69) is 20.8 Å². The Hall–Kier alpha value is -3.62. The lowest BCUT2D eigenvalue weighted by atomic mass is 10.2. The minimum atomic E-state index is -0.306. The molecule has 0 aliphatic rings. The average Bonchev–Trinajstić information content (AvgIpc) is 3.13. The van der Waals surface area contributed by atoms with Gasteiger partial charge >= 0.3 is 0 Å². The number of fused-ring (bicyclic) bond motifs is 1. The Morgan fingerprint density at radius 3 is 2.57 bits per heavy atom. The zero-order valence-corrected chi connectivity index (χ0v) is 15.6. The van der Waals surface area contributed by atoms with Crippen molar-refractivity contribution in [1.82, 2.24) is 19.9 Å². The van der Waals surface area contributed by atoms with Crippen LogP contribution in [0.25, 0.3) is 5.65 Å². The Morgan fingerprint density at radius 2 is 1.79 bits per heavy atom. The van der Waals surface area contributed by atoms with Gasteiger partial charge in [0.2, 0.25) is 17.8 Å². The summed E-state index contributed by atoms with van der Waals surface area (Å²) in [7, 11) is 3.12. The fourth-order valence-electron chi connectivity index (χ4n) is 2.62. The summed E-state index contributed by atoms with van der Waals surface area (Å²) in [5, 5.41) is 13.3. The first-order valence-corrected chi connectivity index (χ1v) is 8.68. The van der Waals surface area contributed by atoms with Crippen molar-refractivity contribution in [2.45, 2.75) is 19.4 Å². The van der Waals surface area contributed by atoms with E-state index in [9.17, 15) is 9.59 Å². The third-order valence-electron chi connectivity index (χ3n) is 4.08. The van der Waals surface area contributed by atoms with Crippen molar-refractivity contribution in [1.29, 1.82) is 0 Å². The molecule has 0 atom stereocenters. The number of methoxy groups -OCH3 is 2. The summed E-state index contributed by atoms with van der Waals surface area (Å²) in [6.45, 7) is 0.329. The molecule has 3 rings (SSSR count). The quantitative estimate of drug-likeness (QED) is 0.614. The molecule has 0 bridgehead atoms. The molecular formula is C19H21N5O4. The van der Waals surface area contributed by atoms with Crippen LogP contribution >= 0.6 is 0 Å². The molecule has 0 fully saturated rings. The number of anilines is 1. The highest BCUT2D eigenvalue weighted by Gasteiger charge is 2.11. The standard InChI is InChI=1S/C19H21N5O4/c1-27-14-7-6-13(11-15(14)28-2)12-20-17(25)8-9-18(26)21-19-23-22-16-5-3-4-10-24(16)19/h3-7,10-11H,8-9,12H2,1-2H3,(H,20,25)(H,21,23,26). The van der Waals surface area contributed by atoms with E-state index in [4.69, 9.17) is 9.47 Å². The molecule has 0 radical (unpaired) electrons. The van der Waals surface area contributed by atoms with Gasteiger partial charge in [0.05, 0.1) is 14.2 Å². The molecule has 9 heteroatoms. The Bertz CT molecular complexity index is 985. The molecule has 0 unspecified atom stereocenters. The highest BCUT2D eigenvalue weighted by Crippen LogP contribution is 2.27. The summed E-state index contributed by atoms with van der Waals surface area (Å²) < 4.78 is 12.1. The SMILES string of the molecule is COc1ccc(CNC(=O)CCC(=O)Nc2nnc3ccccn23)cc1OC. The van der Waals surface area contributed by atoms with Crippen LogP contribution in [-0.2, 0) is 16.1 Å². The largest absolute Gasteiger partial charge is 0.493 e. The topological polar surface area (TPSA) is 107 Å². The van der Waals surface area contributed by atoms with E-state index in [0.29, 0.717) is 29.6 Å². The molecule has 28 heavy (non-hydrogen) atoms. The van der Waals surface area contributed by atoms with Gasteiger partial charge in [-0.15, -0.1) is 10.2 Å². The van der Waals surface area contributed by atoms with Crippen LogP contribution in [0, 0.1) is 0 Å². The number of nitrogens with zero attached hydrogens (tertiary/aromatic N) is 3. The lowest BCUT2D eigenvalue weighted by Crippen LogP contribution is -2.24. The minimum Gasteiger partial charge on any atom is -0.493 e. The van der Waals surface area contributed by atoms with Crippen LogP contribution in [0.15, 0.2) is 42.6 Å². The number of nitrogens with one attached hydrogen (secondary N) is 2. The van der Waals surface area contributed by atoms with Crippen LogP contribution in [0.1, 0.15) is 18.4 Å². The van der Waals surface area contributed by atoms with Crippen molar-refractivity contribution in [3.63, 3.8) is 0 Å². The number of rotatable bonds is 8.